The molecule has 0 bridgehead atoms. The Hall–Kier alpha value is -1.67. The van der Waals surface area contributed by atoms with Crippen molar-refractivity contribution < 1.29 is 13.3 Å². The van der Waals surface area contributed by atoms with Crippen molar-refractivity contribution >= 4 is 21.4 Å². The van der Waals surface area contributed by atoms with Gasteiger partial charge in [-0.3, -0.25) is 10.1 Å². The summed E-state index contributed by atoms with van der Waals surface area (Å²) in [4.78, 5) is 10.3. The van der Waals surface area contributed by atoms with Crippen LogP contribution in [0.2, 0.25) is 0 Å². The van der Waals surface area contributed by atoms with Gasteiger partial charge in [0.25, 0.3) is 0 Å². The van der Waals surface area contributed by atoms with Crippen molar-refractivity contribution in [3.63, 3.8) is 0 Å². The summed E-state index contributed by atoms with van der Waals surface area (Å²) in [5.74, 6) is 0.111. The molecule has 0 aliphatic carbocycles. The molecule has 0 unspecified atom stereocenters. The number of benzene rings is 1. The van der Waals surface area contributed by atoms with E-state index >= 15 is 0 Å². The summed E-state index contributed by atoms with van der Waals surface area (Å²) < 4.78 is 26.9. The summed E-state index contributed by atoms with van der Waals surface area (Å²) in [6, 6.07) is 4.25. The highest BCUT2D eigenvalue weighted by Crippen LogP contribution is 2.31. The Kier molecular flexibility index (Phi) is 6.10. The van der Waals surface area contributed by atoms with Crippen LogP contribution in [0.4, 0.5) is 11.4 Å². The molecule has 0 saturated carbocycles. The maximum atomic E-state index is 12.2. The van der Waals surface area contributed by atoms with Crippen LogP contribution in [0.15, 0.2) is 23.1 Å². The number of nitro benzene ring substituents is 1. The Labute approximate surface area is 124 Å². The van der Waals surface area contributed by atoms with Gasteiger partial charge in [0.05, 0.1) is 4.92 Å². The first-order chi connectivity index (χ1) is 9.79. The Morgan fingerprint density at radius 2 is 2.00 bits per heavy atom. The second-order valence-electron chi connectivity index (χ2n) is 5.08. The minimum atomic E-state index is -3.91. The van der Waals surface area contributed by atoms with Crippen molar-refractivity contribution in [1.29, 1.82) is 0 Å². The van der Waals surface area contributed by atoms with Gasteiger partial charge in [-0.15, -0.1) is 0 Å². The van der Waals surface area contributed by atoms with E-state index in [0.29, 0.717) is 6.54 Å². The molecule has 0 atom stereocenters. The standard InChI is InChI=1S/C13H21N3O4S/c1-4-8-14-11-6-5-7-12(13(11)16(17)18)21(19,20)15-9-10(2)3/h5-7,10,14-15H,4,8-9H2,1-3H3. The predicted octanol–water partition coefficient (Wildman–Crippen LogP) is 2.35. The molecule has 118 valence electrons. The second-order valence-corrected chi connectivity index (χ2v) is 6.82. The number of nitro groups is 1. The molecule has 2 N–H and O–H groups in total. The summed E-state index contributed by atoms with van der Waals surface area (Å²) in [6.45, 7) is 6.39. The Morgan fingerprint density at radius 3 is 2.52 bits per heavy atom. The van der Waals surface area contributed by atoms with E-state index in [4.69, 9.17) is 0 Å². The fraction of sp³-hybridized carbons (Fsp3) is 0.538. The Morgan fingerprint density at radius 1 is 1.33 bits per heavy atom. The largest absolute Gasteiger partial charge is 0.379 e. The van der Waals surface area contributed by atoms with Crippen molar-refractivity contribution in [3.8, 4) is 0 Å². The summed E-state index contributed by atoms with van der Waals surface area (Å²) >= 11 is 0. The first-order valence-electron chi connectivity index (χ1n) is 6.80. The molecule has 1 aromatic rings. The van der Waals surface area contributed by atoms with Gasteiger partial charge in [-0.05, 0) is 24.5 Å². The molecule has 0 fully saturated rings. The van der Waals surface area contributed by atoms with Gasteiger partial charge in [-0.25, -0.2) is 13.1 Å². The highest BCUT2D eigenvalue weighted by atomic mass is 32.2. The monoisotopic (exact) mass is 315 g/mol. The van der Waals surface area contributed by atoms with Crippen LogP contribution in [0.3, 0.4) is 0 Å². The van der Waals surface area contributed by atoms with Crippen LogP contribution in [-0.4, -0.2) is 26.4 Å². The Bertz CT molecular complexity index is 599. The quantitative estimate of drug-likeness (QED) is 0.566. The lowest BCUT2D eigenvalue weighted by Crippen LogP contribution is -2.28. The molecule has 21 heavy (non-hydrogen) atoms. The molecule has 0 aliphatic heterocycles. The number of anilines is 1. The van der Waals surface area contributed by atoms with Crippen LogP contribution >= 0.6 is 0 Å². The van der Waals surface area contributed by atoms with Crippen molar-refractivity contribution in [2.75, 3.05) is 18.4 Å². The van der Waals surface area contributed by atoms with E-state index in [1.54, 1.807) is 0 Å². The van der Waals surface area contributed by atoms with E-state index in [9.17, 15) is 18.5 Å². The number of para-hydroxylation sites is 1. The number of nitrogens with one attached hydrogen (secondary N) is 2. The fourth-order valence-corrected chi connectivity index (χ4v) is 3.09. The number of rotatable bonds is 8. The molecule has 1 rings (SSSR count). The van der Waals surface area contributed by atoms with Crippen LogP contribution in [0.25, 0.3) is 0 Å². The third-order valence-electron chi connectivity index (χ3n) is 2.72. The van der Waals surface area contributed by atoms with E-state index < -0.39 is 20.6 Å². The third-order valence-corrected chi connectivity index (χ3v) is 4.17. The number of sulfonamides is 1. The molecule has 0 aliphatic rings. The average molecular weight is 315 g/mol. The van der Waals surface area contributed by atoms with Crippen LogP contribution in [0, 0.1) is 16.0 Å². The number of hydrogen-bond donors (Lipinski definition) is 2. The fourth-order valence-electron chi connectivity index (χ4n) is 1.68. The van der Waals surface area contributed by atoms with E-state index in [2.05, 4.69) is 10.0 Å². The highest BCUT2D eigenvalue weighted by Gasteiger charge is 2.28. The summed E-state index contributed by atoms with van der Waals surface area (Å²) in [5, 5.41) is 14.2. The molecular formula is C13H21N3O4S. The van der Waals surface area contributed by atoms with Gasteiger partial charge in [0, 0.05) is 13.1 Å². The topological polar surface area (TPSA) is 101 Å². The smallest absolute Gasteiger partial charge is 0.312 e. The van der Waals surface area contributed by atoms with Gasteiger partial charge in [-0.2, -0.15) is 0 Å². The van der Waals surface area contributed by atoms with E-state index in [0.717, 1.165) is 6.42 Å². The van der Waals surface area contributed by atoms with Crippen molar-refractivity contribution in [1.82, 2.24) is 4.72 Å². The van der Waals surface area contributed by atoms with Gasteiger partial charge < -0.3 is 5.32 Å². The zero-order chi connectivity index (χ0) is 16.0. The third kappa shape index (κ3) is 4.68. The van der Waals surface area contributed by atoms with E-state index in [1.165, 1.54) is 18.2 Å². The molecule has 1 aromatic carbocycles. The highest BCUT2D eigenvalue weighted by molar-refractivity contribution is 7.89. The van der Waals surface area contributed by atoms with Gasteiger partial charge in [0.15, 0.2) is 4.90 Å². The molecule has 0 spiro atoms. The summed E-state index contributed by atoms with van der Waals surface area (Å²) in [6.07, 6.45) is 0.778. The zero-order valence-electron chi connectivity index (χ0n) is 12.4. The molecule has 0 aromatic heterocycles. The molecule has 0 saturated heterocycles. The number of nitrogens with zero attached hydrogens (tertiary/aromatic N) is 1. The van der Waals surface area contributed by atoms with Gasteiger partial charge in [0.1, 0.15) is 5.69 Å². The summed E-state index contributed by atoms with van der Waals surface area (Å²) in [7, 11) is -3.91. The summed E-state index contributed by atoms with van der Waals surface area (Å²) in [5.41, 5.74) is -0.198. The molecule has 8 heteroatoms. The molecule has 0 heterocycles. The van der Waals surface area contributed by atoms with Crippen LogP contribution in [-0.2, 0) is 10.0 Å². The Balaban J connectivity index is 3.25. The van der Waals surface area contributed by atoms with Gasteiger partial charge in [0.2, 0.25) is 10.0 Å². The first-order valence-corrected chi connectivity index (χ1v) is 8.28. The van der Waals surface area contributed by atoms with E-state index in [-0.39, 0.29) is 23.0 Å². The van der Waals surface area contributed by atoms with Crippen LogP contribution in [0.1, 0.15) is 27.2 Å². The van der Waals surface area contributed by atoms with E-state index in [1.807, 2.05) is 20.8 Å². The number of hydrogen-bond acceptors (Lipinski definition) is 5. The molecule has 0 amide bonds. The second kappa shape index (κ2) is 7.37. The zero-order valence-corrected chi connectivity index (χ0v) is 13.2. The molecule has 0 radical (unpaired) electrons. The average Bonchev–Trinajstić information content (AvgIpc) is 2.42. The van der Waals surface area contributed by atoms with Crippen LogP contribution in [0.5, 0.6) is 0 Å². The first kappa shape index (κ1) is 17.4. The lowest BCUT2D eigenvalue weighted by molar-refractivity contribution is -0.386. The van der Waals surface area contributed by atoms with Gasteiger partial charge in [-0.1, -0.05) is 26.8 Å². The van der Waals surface area contributed by atoms with Crippen molar-refractivity contribution in [2.24, 2.45) is 5.92 Å². The maximum absolute atomic E-state index is 12.2. The molecular weight excluding hydrogens is 294 g/mol. The minimum Gasteiger partial charge on any atom is -0.379 e. The van der Waals surface area contributed by atoms with Gasteiger partial charge >= 0.3 is 5.69 Å². The minimum absolute atomic E-state index is 0.111. The lowest BCUT2D eigenvalue weighted by atomic mass is 10.2. The van der Waals surface area contributed by atoms with Crippen molar-refractivity contribution in [2.45, 2.75) is 32.1 Å². The normalized spacial score (nSPS) is 11.6. The lowest BCUT2D eigenvalue weighted by Gasteiger charge is -2.12. The maximum Gasteiger partial charge on any atom is 0.312 e. The predicted molar refractivity (Wildman–Crippen MR) is 81.9 cm³/mol. The molecule has 7 nitrogen and oxygen atoms in total. The van der Waals surface area contributed by atoms with Crippen molar-refractivity contribution in [3.05, 3.63) is 28.3 Å². The SMILES string of the molecule is CCCNc1cccc(S(=O)(=O)NCC(C)C)c1[N+](=O)[O-]. The van der Waals surface area contributed by atoms with Crippen LogP contribution < -0.4 is 10.0 Å².